The van der Waals surface area contributed by atoms with E-state index in [1.807, 2.05) is 20.0 Å². The van der Waals surface area contributed by atoms with Crippen LogP contribution in [0.3, 0.4) is 0 Å². The normalized spacial score (nSPS) is 12.9. The highest BCUT2D eigenvalue weighted by Crippen LogP contribution is 2.00. The van der Waals surface area contributed by atoms with Crippen molar-refractivity contribution in [2.45, 2.75) is 26.3 Å². The Morgan fingerprint density at radius 2 is 1.89 bits per heavy atom. The van der Waals surface area contributed by atoms with Crippen molar-refractivity contribution in [1.29, 1.82) is 0 Å². The van der Waals surface area contributed by atoms with Gasteiger partial charge >= 0.3 is 0 Å². The quantitative estimate of drug-likeness (QED) is 0.439. The van der Waals surface area contributed by atoms with E-state index >= 15 is 0 Å². The maximum atomic E-state index is 3.09. The van der Waals surface area contributed by atoms with Crippen molar-refractivity contribution in [3.63, 3.8) is 0 Å². The van der Waals surface area contributed by atoms with E-state index in [2.05, 4.69) is 30.8 Å². The molecule has 0 saturated carbocycles. The first-order chi connectivity index (χ1) is 4.12. The van der Waals surface area contributed by atoms with Gasteiger partial charge in [-0.3, -0.25) is 5.43 Å². The van der Waals surface area contributed by atoms with Gasteiger partial charge in [-0.25, -0.2) is 5.43 Å². The van der Waals surface area contributed by atoms with Crippen LogP contribution in [0.15, 0.2) is 12.2 Å². The van der Waals surface area contributed by atoms with Crippen LogP contribution in [0.2, 0.25) is 0 Å². The standard InChI is InChI=1S/C7H16N2/c1-5-6-7(2,3)9-8-4/h5-6,8-9H,1-4H3/b6-5-. The number of hydrogen-bond donors (Lipinski definition) is 2. The SMILES string of the molecule is C/C=C\C(C)(C)NNC. The van der Waals surface area contributed by atoms with E-state index in [4.69, 9.17) is 0 Å². The number of nitrogens with one attached hydrogen (secondary N) is 2. The maximum absolute atomic E-state index is 3.09. The Balaban J connectivity index is 3.70. The predicted octanol–water partition coefficient (Wildman–Crippen LogP) is 1.07. The molecule has 0 amide bonds. The highest BCUT2D eigenvalue weighted by molar-refractivity contribution is 4.98. The summed E-state index contributed by atoms with van der Waals surface area (Å²) in [7, 11) is 1.87. The van der Waals surface area contributed by atoms with Crippen molar-refractivity contribution in [3.8, 4) is 0 Å². The van der Waals surface area contributed by atoms with Crippen LogP contribution in [0.25, 0.3) is 0 Å². The van der Waals surface area contributed by atoms with E-state index in [9.17, 15) is 0 Å². The minimum absolute atomic E-state index is 0.0590. The highest BCUT2D eigenvalue weighted by Gasteiger charge is 2.09. The summed E-state index contributed by atoms with van der Waals surface area (Å²) in [5.41, 5.74) is 6.04. The molecule has 0 aliphatic carbocycles. The van der Waals surface area contributed by atoms with Crippen LogP contribution in [0.5, 0.6) is 0 Å². The Hall–Kier alpha value is -0.340. The number of allylic oxidation sites excluding steroid dienone is 1. The summed E-state index contributed by atoms with van der Waals surface area (Å²) in [6.07, 6.45) is 4.13. The summed E-state index contributed by atoms with van der Waals surface area (Å²) in [5.74, 6) is 0. The summed E-state index contributed by atoms with van der Waals surface area (Å²) < 4.78 is 0. The molecule has 0 rings (SSSR count). The zero-order valence-electron chi connectivity index (χ0n) is 6.65. The van der Waals surface area contributed by atoms with Gasteiger partial charge in [-0.2, -0.15) is 0 Å². The van der Waals surface area contributed by atoms with Gasteiger partial charge in [0.05, 0.1) is 0 Å². The molecule has 2 N–H and O–H groups in total. The summed E-state index contributed by atoms with van der Waals surface area (Å²) in [5, 5.41) is 0. The van der Waals surface area contributed by atoms with Crippen molar-refractivity contribution in [2.75, 3.05) is 7.05 Å². The molecular weight excluding hydrogens is 112 g/mol. The molecule has 2 nitrogen and oxygen atoms in total. The summed E-state index contributed by atoms with van der Waals surface area (Å²) in [6.45, 7) is 6.21. The molecule has 0 aromatic heterocycles. The average Bonchev–Trinajstić information content (AvgIpc) is 1.64. The van der Waals surface area contributed by atoms with E-state index in [0.717, 1.165) is 0 Å². The zero-order chi connectivity index (χ0) is 7.33. The smallest absolute Gasteiger partial charge is 0.0446 e. The molecule has 0 aromatic carbocycles. The second kappa shape index (κ2) is 3.64. The molecule has 0 fully saturated rings. The highest BCUT2D eigenvalue weighted by atomic mass is 15.4. The Morgan fingerprint density at radius 1 is 1.33 bits per heavy atom. The van der Waals surface area contributed by atoms with Crippen LogP contribution in [-0.4, -0.2) is 12.6 Å². The molecule has 0 unspecified atom stereocenters. The van der Waals surface area contributed by atoms with Crippen molar-refractivity contribution in [2.24, 2.45) is 0 Å². The second-order valence-electron chi connectivity index (χ2n) is 2.60. The number of hydrazine groups is 1. The van der Waals surface area contributed by atoms with E-state index in [1.54, 1.807) is 0 Å². The van der Waals surface area contributed by atoms with Gasteiger partial charge in [-0.05, 0) is 27.8 Å². The molecule has 0 saturated heterocycles. The fraction of sp³-hybridized carbons (Fsp3) is 0.714. The lowest BCUT2D eigenvalue weighted by Gasteiger charge is -2.20. The topological polar surface area (TPSA) is 24.1 Å². The lowest BCUT2D eigenvalue weighted by atomic mass is 10.1. The molecule has 54 valence electrons. The van der Waals surface area contributed by atoms with Crippen molar-refractivity contribution in [3.05, 3.63) is 12.2 Å². The maximum Gasteiger partial charge on any atom is 0.0446 e. The van der Waals surface area contributed by atoms with Crippen LogP contribution >= 0.6 is 0 Å². The molecule has 0 aliphatic rings. The summed E-state index contributed by atoms with van der Waals surface area (Å²) in [6, 6.07) is 0. The van der Waals surface area contributed by atoms with Crippen LogP contribution in [0.1, 0.15) is 20.8 Å². The predicted molar refractivity (Wildman–Crippen MR) is 41.1 cm³/mol. The van der Waals surface area contributed by atoms with Crippen LogP contribution in [0.4, 0.5) is 0 Å². The van der Waals surface area contributed by atoms with Crippen molar-refractivity contribution >= 4 is 0 Å². The third-order valence-corrected chi connectivity index (χ3v) is 1.03. The Bertz CT molecular complexity index is 95.1. The first-order valence-corrected chi connectivity index (χ1v) is 3.20. The fourth-order valence-electron chi connectivity index (χ4n) is 0.781. The summed E-state index contributed by atoms with van der Waals surface area (Å²) >= 11 is 0. The summed E-state index contributed by atoms with van der Waals surface area (Å²) in [4.78, 5) is 0. The Kier molecular flexibility index (Phi) is 3.50. The lowest BCUT2D eigenvalue weighted by molar-refractivity contribution is 0.423. The Morgan fingerprint density at radius 3 is 2.22 bits per heavy atom. The lowest BCUT2D eigenvalue weighted by Crippen LogP contribution is -2.44. The monoisotopic (exact) mass is 128 g/mol. The number of hydrogen-bond acceptors (Lipinski definition) is 2. The van der Waals surface area contributed by atoms with E-state index in [0.29, 0.717) is 0 Å². The van der Waals surface area contributed by atoms with E-state index in [1.165, 1.54) is 0 Å². The third kappa shape index (κ3) is 4.18. The molecule has 0 atom stereocenters. The van der Waals surface area contributed by atoms with Gasteiger partial charge in [0.2, 0.25) is 0 Å². The second-order valence-corrected chi connectivity index (χ2v) is 2.60. The van der Waals surface area contributed by atoms with Gasteiger partial charge in [0.1, 0.15) is 0 Å². The molecular formula is C7H16N2. The zero-order valence-corrected chi connectivity index (χ0v) is 6.65. The van der Waals surface area contributed by atoms with Crippen LogP contribution in [-0.2, 0) is 0 Å². The number of rotatable bonds is 3. The molecule has 2 heteroatoms. The minimum Gasteiger partial charge on any atom is -0.260 e. The van der Waals surface area contributed by atoms with Crippen molar-refractivity contribution < 1.29 is 0 Å². The fourth-order valence-corrected chi connectivity index (χ4v) is 0.781. The molecule has 0 spiro atoms. The van der Waals surface area contributed by atoms with Gasteiger partial charge < -0.3 is 0 Å². The van der Waals surface area contributed by atoms with E-state index < -0.39 is 0 Å². The first-order valence-electron chi connectivity index (χ1n) is 3.20. The molecule has 0 radical (unpaired) electrons. The van der Waals surface area contributed by atoms with Gasteiger partial charge in [0.25, 0.3) is 0 Å². The molecule has 0 aliphatic heterocycles. The molecule has 0 aromatic rings. The minimum atomic E-state index is 0.0590. The van der Waals surface area contributed by atoms with Crippen molar-refractivity contribution in [1.82, 2.24) is 10.9 Å². The molecule has 0 bridgehead atoms. The Labute approximate surface area is 57.3 Å². The van der Waals surface area contributed by atoms with Gasteiger partial charge in [-0.15, -0.1) is 0 Å². The largest absolute Gasteiger partial charge is 0.260 e. The third-order valence-electron chi connectivity index (χ3n) is 1.03. The van der Waals surface area contributed by atoms with Crippen LogP contribution in [0, 0.1) is 0 Å². The van der Waals surface area contributed by atoms with E-state index in [-0.39, 0.29) is 5.54 Å². The molecule has 9 heavy (non-hydrogen) atoms. The van der Waals surface area contributed by atoms with Gasteiger partial charge in [0, 0.05) is 5.54 Å². The first kappa shape index (κ1) is 8.66. The molecule has 0 heterocycles. The van der Waals surface area contributed by atoms with Gasteiger partial charge in [0.15, 0.2) is 0 Å². The van der Waals surface area contributed by atoms with Gasteiger partial charge in [-0.1, -0.05) is 12.2 Å². The average molecular weight is 128 g/mol. The van der Waals surface area contributed by atoms with Crippen LogP contribution < -0.4 is 10.9 Å².